The molecule has 1 aliphatic heterocycles. The number of benzene rings is 1. The normalized spacial score (nSPS) is 18.2. The number of anilines is 3. The van der Waals surface area contributed by atoms with Crippen molar-refractivity contribution >= 4 is 28.6 Å². The molecule has 180 valence electrons. The van der Waals surface area contributed by atoms with Gasteiger partial charge in [-0.3, -0.25) is 9.47 Å². The van der Waals surface area contributed by atoms with Crippen molar-refractivity contribution in [3.63, 3.8) is 0 Å². The van der Waals surface area contributed by atoms with Crippen LogP contribution in [0.25, 0.3) is 11.1 Å². The Morgan fingerprint density at radius 2 is 1.88 bits per heavy atom. The molecule has 1 saturated heterocycles. The molecule has 0 spiro atoms. The van der Waals surface area contributed by atoms with E-state index in [-0.39, 0.29) is 28.9 Å². The molecule has 9 heteroatoms. The highest BCUT2D eigenvalue weighted by molar-refractivity contribution is 5.78. The lowest BCUT2D eigenvalue weighted by Crippen LogP contribution is -2.61. The van der Waals surface area contributed by atoms with Crippen LogP contribution in [0.15, 0.2) is 33.6 Å². The third-order valence-electron chi connectivity index (χ3n) is 6.94. The molecular formula is C25H33N7O2. The molecule has 3 aromatic rings. The van der Waals surface area contributed by atoms with Crippen LogP contribution in [0.5, 0.6) is 0 Å². The lowest BCUT2D eigenvalue weighted by atomic mass is 9.77. The smallest absolute Gasteiger partial charge is 0.408 e. The summed E-state index contributed by atoms with van der Waals surface area (Å²) in [6.07, 6.45) is 3.37. The summed E-state index contributed by atoms with van der Waals surface area (Å²) in [4.78, 5) is 23.5. The third kappa shape index (κ3) is 4.38. The molecule has 0 amide bonds. The third-order valence-corrected chi connectivity index (χ3v) is 6.94. The van der Waals surface area contributed by atoms with E-state index >= 15 is 0 Å². The van der Waals surface area contributed by atoms with Crippen molar-refractivity contribution in [2.24, 2.45) is 0 Å². The minimum Gasteiger partial charge on any atom is -0.408 e. The fourth-order valence-electron chi connectivity index (χ4n) is 5.03. The largest absolute Gasteiger partial charge is 0.420 e. The van der Waals surface area contributed by atoms with Gasteiger partial charge in [0.1, 0.15) is 17.5 Å². The van der Waals surface area contributed by atoms with E-state index in [4.69, 9.17) is 4.42 Å². The van der Waals surface area contributed by atoms with Crippen molar-refractivity contribution in [2.75, 3.05) is 17.7 Å². The topological polar surface area (TPSA) is 112 Å². The van der Waals surface area contributed by atoms with Gasteiger partial charge in [0.15, 0.2) is 5.58 Å². The average Bonchev–Trinajstić information content (AvgIpc) is 3.07. The Morgan fingerprint density at radius 3 is 2.50 bits per heavy atom. The van der Waals surface area contributed by atoms with E-state index < -0.39 is 0 Å². The van der Waals surface area contributed by atoms with Crippen molar-refractivity contribution in [1.29, 1.82) is 5.26 Å². The summed E-state index contributed by atoms with van der Waals surface area (Å²) in [6.45, 7) is 12.8. The molecule has 0 radical (unpaired) electrons. The van der Waals surface area contributed by atoms with Gasteiger partial charge in [-0.1, -0.05) is 0 Å². The van der Waals surface area contributed by atoms with Gasteiger partial charge >= 0.3 is 5.76 Å². The molecule has 1 aliphatic rings. The highest BCUT2D eigenvalue weighted by atomic mass is 16.4. The molecule has 0 saturated carbocycles. The summed E-state index contributed by atoms with van der Waals surface area (Å²) in [5.41, 5.74) is 2.33. The molecule has 0 atom stereocenters. The maximum atomic E-state index is 12.2. The maximum absolute atomic E-state index is 12.2. The molecule has 2 N–H and O–H groups in total. The molecule has 1 aromatic carbocycles. The van der Waals surface area contributed by atoms with Crippen LogP contribution in [-0.2, 0) is 0 Å². The van der Waals surface area contributed by atoms with Crippen LogP contribution >= 0.6 is 0 Å². The molecule has 0 bridgehead atoms. The van der Waals surface area contributed by atoms with E-state index in [2.05, 4.69) is 66.3 Å². The van der Waals surface area contributed by atoms with Crippen LogP contribution in [0.1, 0.15) is 66.0 Å². The SMILES string of the molecule is CC(C)n1c(=O)oc2cc(Nc3ncc(C#N)c(NC4CC(C)(C)N(C)C(C)(C)C4)n3)ccc21. The summed E-state index contributed by atoms with van der Waals surface area (Å²) >= 11 is 0. The minimum atomic E-state index is -0.382. The summed E-state index contributed by atoms with van der Waals surface area (Å²) in [5, 5.41) is 16.3. The van der Waals surface area contributed by atoms with E-state index in [9.17, 15) is 10.1 Å². The van der Waals surface area contributed by atoms with Crippen LogP contribution in [0.2, 0.25) is 0 Å². The first-order valence-electron chi connectivity index (χ1n) is 11.6. The monoisotopic (exact) mass is 463 g/mol. The second-order valence-electron chi connectivity index (χ2n) is 10.6. The lowest BCUT2D eigenvalue weighted by Gasteiger charge is -2.53. The van der Waals surface area contributed by atoms with Crippen molar-refractivity contribution in [1.82, 2.24) is 19.4 Å². The molecule has 9 nitrogen and oxygen atoms in total. The number of fused-ring (bicyclic) bond motifs is 1. The van der Waals surface area contributed by atoms with Gasteiger partial charge in [0, 0.05) is 34.9 Å². The van der Waals surface area contributed by atoms with Gasteiger partial charge < -0.3 is 15.1 Å². The Morgan fingerprint density at radius 1 is 1.21 bits per heavy atom. The average molecular weight is 464 g/mol. The molecule has 1 fully saturated rings. The summed E-state index contributed by atoms with van der Waals surface area (Å²) in [7, 11) is 2.16. The van der Waals surface area contributed by atoms with Crippen molar-refractivity contribution < 1.29 is 4.42 Å². The molecule has 4 rings (SSSR count). The Balaban J connectivity index is 1.60. The number of nitrogens with one attached hydrogen (secondary N) is 2. The maximum Gasteiger partial charge on any atom is 0.420 e. The fourth-order valence-corrected chi connectivity index (χ4v) is 5.03. The van der Waals surface area contributed by atoms with Gasteiger partial charge in [0.25, 0.3) is 0 Å². The number of aromatic nitrogens is 3. The highest BCUT2D eigenvalue weighted by Crippen LogP contribution is 2.38. The predicted octanol–water partition coefficient (Wildman–Crippen LogP) is 4.64. The van der Waals surface area contributed by atoms with Gasteiger partial charge in [-0.15, -0.1) is 0 Å². The summed E-state index contributed by atoms with van der Waals surface area (Å²) in [6, 6.07) is 7.81. The zero-order chi connectivity index (χ0) is 24.8. The Hall–Kier alpha value is -3.38. The number of nitriles is 1. The number of nitrogens with zero attached hydrogens (tertiary/aromatic N) is 5. The lowest BCUT2D eigenvalue weighted by molar-refractivity contribution is -0.00772. The number of hydrogen-bond acceptors (Lipinski definition) is 8. The summed E-state index contributed by atoms with van der Waals surface area (Å²) < 4.78 is 7.03. The van der Waals surface area contributed by atoms with Crippen LogP contribution < -0.4 is 16.4 Å². The summed E-state index contributed by atoms with van der Waals surface area (Å²) in [5.74, 6) is 0.491. The zero-order valence-electron chi connectivity index (χ0n) is 20.9. The molecule has 0 aliphatic carbocycles. The number of piperidine rings is 1. The second-order valence-corrected chi connectivity index (χ2v) is 10.6. The highest BCUT2D eigenvalue weighted by Gasteiger charge is 2.43. The molecule has 3 heterocycles. The van der Waals surface area contributed by atoms with Crippen LogP contribution in [0.3, 0.4) is 0 Å². The first kappa shape index (κ1) is 23.8. The van der Waals surface area contributed by atoms with Crippen LogP contribution in [-0.4, -0.2) is 43.6 Å². The number of rotatable bonds is 5. The Labute approximate surface area is 199 Å². The first-order valence-corrected chi connectivity index (χ1v) is 11.6. The first-order chi connectivity index (χ1) is 15.9. The molecule has 2 aromatic heterocycles. The minimum absolute atomic E-state index is 0.00224. The molecule has 34 heavy (non-hydrogen) atoms. The van der Waals surface area contributed by atoms with Gasteiger partial charge in [0.05, 0.1) is 11.7 Å². The zero-order valence-corrected chi connectivity index (χ0v) is 20.9. The van der Waals surface area contributed by atoms with Crippen LogP contribution in [0, 0.1) is 11.3 Å². The van der Waals surface area contributed by atoms with E-state index in [1.54, 1.807) is 10.6 Å². The number of hydrogen-bond donors (Lipinski definition) is 2. The van der Waals surface area contributed by atoms with E-state index in [0.29, 0.717) is 28.6 Å². The number of oxazole rings is 1. The van der Waals surface area contributed by atoms with Crippen molar-refractivity contribution in [3.05, 3.63) is 40.5 Å². The second kappa shape index (κ2) is 8.44. The standard InChI is InChI=1S/C25H33N7O2/c1-15(2)32-19-9-8-17(10-20(19)34-23(32)33)29-22-27-14-16(13-26)21(30-22)28-18-11-24(3,4)31(7)25(5,6)12-18/h8-10,14-15,18H,11-12H2,1-7H3,(H2,27,28,29,30). The van der Waals surface area contributed by atoms with Gasteiger partial charge in [-0.25, -0.2) is 9.78 Å². The van der Waals surface area contributed by atoms with Crippen molar-refractivity contribution in [3.8, 4) is 6.07 Å². The Bertz CT molecular complexity index is 1300. The van der Waals surface area contributed by atoms with Gasteiger partial charge in [-0.2, -0.15) is 10.2 Å². The van der Waals surface area contributed by atoms with E-state index in [1.165, 1.54) is 6.20 Å². The molecular weight excluding hydrogens is 430 g/mol. The van der Waals surface area contributed by atoms with Gasteiger partial charge in [0.2, 0.25) is 5.95 Å². The molecule has 0 unspecified atom stereocenters. The van der Waals surface area contributed by atoms with Gasteiger partial charge in [-0.05, 0) is 73.6 Å². The van der Waals surface area contributed by atoms with E-state index in [0.717, 1.165) is 18.4 Å². The number of likely N-dealkylation sites (tertiary alicyclic amines) is 1. The fraction of sp³-hybridized carbons (Fsp3) is 0.520. The van der Waals surface area contributed by atoms with Crippen LogP contribution in [0.4, 0.5) is 17.5 Å². The van der Waals surface area contributed by atoms with E-state index in [1.807, 2.05) is 26.0 Å². The van der Waals surface area contributed by atoms with Crippen molar-refractivity contribution in [2.45, 2.75) is 77.5 Å². The quantitative estimate of drug-likeness (QED) is 0.563. The Kier molecular flexibility index (Phi) is 5.90. The predicted molar refractivity (Wildman–Crippen MR) is 133 cm³/mol.